The van der Waals surface area contributed by atoms with Crippen LogP contribution in [-0.4, -0.2) is 0 Å². The Morgan fingerprint density at radius 2 is 0.965 bits per heavy atom. The Balaban J connectivity index is 1.21. The van der Waals surface area contributed by atoms with Gasteiger partial charge in [0.2, 0.25) is 0 Å². The van der Waals surface area contributed by atoms with Crippen molar-refractivity contribution in [1.29, 1.82) is 0 Å². The number of anilines is 3. The van der Waals surface area contributed by atoms with Gasteiger partial charge in [0.15, 0.2) is 0 Å². The number of hydrogen-bond donors (Lipinski definition) is 0. The highest BCUT2D eigenvalue weighted by molar-refractivity contribution is 7.25. The van der Waals surface area contributed by atoms with Gasteiger partial charge in [0.05, 0.1) is 22.3 Å². The van der Waals surface area contributed by atoms with E-state index in [-0.39, 0.29) is 24.2 Å². The first-order valence-corrected chi connectivity index (χ1v) is 20.2. The van der Waals surface area contributed by atoms with Gasteiger partial charge < -0.3 is 4.90 Å². The first kappa shape index (κ1) is 28.4. The molecule has 12 rings (SSSR count). The molecule has 1 heterocycles. The van der Waals surface area contributed by atoms with Crippen molar-refractivity contribution in [2.24, 2.45) is 0 Å². The molecule has 0 aliphatic heterocycles. The molecule has 10 aromatic rings. The second kappa shape index (κ2) is 12.5. The van der Waals surface area contributed by atoms with Crippen LogP contribution in [-0.2, 0) is 5.41 Å². The third-order valence-corrected chi connectivity index (χ3v) is 13.2. The first-order valence-electron chi connectivity index (χ1n) is 21.4. The second-order valence-electron chi connectivity index (χ2n) is 14.8. The smallest absolute Gasteiger partial charge is 0.0726 e. The van der Waals surface area contributed by atoms with Crippen LogP contribution in [0.3, 0.4) is 0 Å². The molecule has 0 N–H and O–H groups in total. The maximum atomic E-state index is 9.93. The lowest BCUT2D eigenvalue weighted by Crippen LogP contribution is -2.26. The molecule has 9 aromatic carbocycles. The van der Waals surface area contributed by atoms with Gasteiger partial charge in [0.25, 0.3) is 0 Å². The van der Waals surface area contributed by atoms with E-state index in [1.165, 1.54) is 27.8 Å². The molecule has 2 aliphatic carbocycles. The van der Waals surface area contributed by atoms with E-state index in [0.29, 0.717) is 11.3 Å². The second-order valence-corrected chi connectivity index (χ2v) is 15.9. The van der Waals surface area contributed by atoms with Crippen molar-refractivity contribution in [3.63, 3.8) is 0 Å². The zero-order valence-corrected chi connectivity index (χ0v) is 31.6. The zero-order chi connectivity index (χ0) is 41.0. The summed E-state index contributed by atoms with van der Waals surface area (Å²) in [5.74, 6) is 0. The Bertz CT molecular complexity index is 3380. The fourth-order valence-electron chi connectivity index (χ4n) is 9.78. The predicted molar refractivity (Wildman–Crippen MR) is 241 cm³/mol. The lowest BCUT2D eigenvalue weighted by Gasteiger charge is -2.32. The molecule has 0 bridgehead atoms. The Labute approximate surface area is 342 Å². The van der Waals surface area contributed by atoms with Crippen molar-refractivity contribution >= 4 is 48.6 Å². The summed E-state index contributed by atoms with van der Waals surface area (Å²) in [5.41, 5.74) is 14.2. The lowest BCUT2D eigenvalue weighted by atomic mass is 9.70. The minimum Gasteiger partial charge on any atom is -0.309 e. The average molecular weight is 746 g/mol. The highest BCUT2D eigenvalue weighted by atomic mass is 32.1. The van der Waals surface area contributed by atoms with E-state index in [1.807, 2.05) is 42.5 Å². The summed E-state index contributed by atoms with van der Waals surface area (Å²) >= 11 is 1.70. The van der Waals surface area contributed by atoms with Gasteiger partial charge in [-0.3, -0.25) is 0 Å². The summed E-state index contributed by atoms with van der Waals surface area (Å²) in [6, 6.07) is 65.1. The molecule has 0 radical (unpaired) electrons. The first-order chi connectivity index (χ1) is 30.0. The molecule has 2 aliphatic rings. The molecule has 0 amide bonds. The number of rotatable bonds is 5. The number of nitrogens with zero attached hydrogens (tertiary/aromatic N) is 1. The van der Waals surface area contributed by atoms with Gasteiger partial charge in [-0.15, -0.1) is 11.3 Å². The summed E-state index contributed by atoms with van der Waals surface area (Å²) < 4.78 is 40.3. The fraction of sp³-hybridized carbons (Fsp3) is 0.0182. The minimum absolute atomic E-state index is 0.0761. The van der Waals surface area contributed by atoms with Crippen LogP contribution in [0, 0.1) is 0 Å². The van der Waals surface area contributed by atoms with Crippen LogP contribution >= 0.6 is 11.3 Å². The van der Waals surface area contributed by atoms with E-state index in [2.05, 4.69) is 150 Å². The zero-order valence-electron chi connectivity index (χ0n) is 34.8. The van der Waals surface area contributed by atoms with Crippen LogP contribution in [0.15, 0.2) is 212 Å². The van der Waals surface area contributed by atoms with Crippen molar-refractivity contribution < 1.29 is 5.48 Å². The molecule has 1 spiro atoms. The number of fused-ring (bicyclic) bond motifs is 13. The normalized spacial score (nSPS) is 14.0. The lowest BCUT2D eigenvalue weighted by molar-refractivity contribution is 0.794. The number of thiophene rings is 1. The molecule has 266 valence electrons. The standard InChI is InChI=1S/C55H35NS/c1-2-16-36(17-3-1)37-32-34-38(35-33-37)56(49-28-12-7-20-41(49)42-23-14-31-52-53(42)44-22-8-13-30-51(44)57-52)50-29-15-27-48-54(50)43-21-6-11-26-47(43)55(48)45-24-9-4-18-39(45)40-19-5-10-25-46(40)55/h1-35H/i7D,12D,20D,28D. The largest absolute Gasteiger partial charge is 0.309 e. The molecule has 1 nitrogen and oxygen atoms in total. The highest BCUT2D eigenvalue weighted by Gasteiger charge is 2.52. The SMILES string of the molecule is [2H]c1c([2H])c([2H])c(N(c2ccc(-c3ccccc3)cc2)c2cccc3c2-c2ccccc2C32c3ccccc3-c3ccccc32)c(-c2cccc3sc4ccccc4c23)c1[2H]. The Kier molecular flexibility index (Phi) is 6.24. The van der Waals surface area contributed by atoms with Crippen molar-refractivity contribution in [2.75, 3.05) is 4.90 Å². The van der Waals surface area contributed by atoms with Crippen molar-refractivity contribution in [3.05, 3.63) is 234 Å². The van der Waals surface area contributed by atoms with E-state index in [9.17, 15) is 4.11 Å². The molecule has 2 heteroatoms. The average Bonchev–Trinajstić information content (AvgIpc) is 3.95. The Morgan fingerprint density at radius 1 is 0.404 bits per heavy atom. The number of para-hydroxylation sites is 1. The molecule has 0 saturated carbocycles. The quantitative estimate of drug-likeness (QED) is 0.170. The van der Waals surface area contributed by atoms with Gasteiger partial charge in [-0.25, -0.2) is 0 Å². The summed E-state index contributed by atoms with van der Waals surface area (Å²) in [6.45, 7) is 0. The molecular formula is C55H35NS. The van der Waals surface area contributed by atoms with E-state index < -0.39 is 5.41 Å². The third kappa shape index (κ3) is 4.56. The summed E-state index contributed by atoms with van der Waals surface area (Å²) in [7, 11) is 0. The van der Waals surface area contributed by atoms with Crippen molar-refractivity contribution in [3.8, 4) is 44.5 Å². The van der Waals surface area contributed by atoms with Crippen LogP contribution in [0.2, 0.25) is 0 Å². The molecule has 0 saturated heterocycles. The predicted octanol–water partition coefficient (Wildman–Crippen LogP) is 15.2. The molecule has 0 fully saturated rings. The van der Waals surface area contributed by atoms with E-state index in [1.54, 1.807) is 11.3 Å². The number of benzene rings is 9. The van der Waals surface area contributed by atoms with Crippen LogP contribution < -0.4 is 4.90 Å². The van der Waals surface area contributed by atoms with E-state index in [0.717, 1.165) is 64.9 Å². The summed E-state index contributed by atoms with van der Waals surface area (Å²) in [4.78, 5) is 2.11. The Hall–Kier alpha value is -7.00. The Morgan fingerprint density at radius 3 is 1.74 bits per heavy atom. The molecule has 0 unspecified atom stereocenters. The van der Waals surface area contributed by atoms with Gasteiger partial charge >= 0.3 is 0 Å². The van der Waals surface area contributed by atoms with Crippen LogP contribution in [0.5, 0.6) is 0 Å². The molecule has 57 heavy (non-hydrogen) atoms. The molecular weight excluding hydrogens is 707 g/mol. The summed E-state index contributed by atoms with van der Waals surface area (Å²) in [6.07, 6.45) is 0. The van der Waals surface area contributed by atoms with Gasteiger partial charge in [0.1, 0.15) is 0 Å². The van der Waals surface area contributed by atoms with Crippen LogP contribution in [0.25, 0.3) is 64.7 Å². The van der Waals surface area contributed by atoms with E-state index in [4.69, 9.17) is 1.37 Å². The van der Waals surface area contributed by atoms with Gasteiger partial charge in [-0.05, 0) is 92.0 Å². The number of hydrogen-bond acceptors (Lipinski definition) is 2. The van der Waals surface area contributed by atoms with E-state index >= 15 is 0 Å². The fourth-order valence-corrected chi connectivity index (χ4v) is 10.9. The minimum atomic E-state index is -0.599. The van der Waals surface area contributed by atoms with Crippen molar-refractivity contribution in [1.82, 2.24) is 0 Å². The maximum absolute atomic E-state index is 9.93. The monoisotopic (exact) mass is 745 g/mol. The van der Waals surface area contributed by atoms with Gasteiger partial charge in [0, 0.05) is 37.0 Å². The van der Waals surface area contributed by atoms with Crippen molar-refractivity contribution in [2.45, 2.75) is 5.41 Å². The molecule has 1 aromatic heterocycles. The topological polar surface area (TPSA) is 3.24 Å². The highest BCUT2D eigenvalue weighted by Crippen LogP contribution is 2.65. The van der Waals surface area contributed by atoms with Crippen LogP contribution in [0.1, 0.15) is 27.7 Å². The third-order valence-electron chi connectivity index (χ3n) is 12.0. The van der Waals surface area contributed by atoms with Crippen LogP contribution in [0.4, 0.5) is 17.1 Å². The molecule has 0 atom stereocenters. The van der Waals surface area contributed by atoms with Gasteiger partial charge in [-0.1, -0.05) is 176 Å². The summed E-state index contributed by atoms with van der Waals surface area (Å²) in [5, 5.41) is 2.04. The maximum Gasteiger partial charge on any atom is 0.0726 e. The van der Waals surface area contributed by atoms with Gasteiger partial charge in [-0.2, -0.15) is 0 Å².